The predicted octanol–water partition coefficient (Wildman–Crippen LogP) is 3.37. The Morgan fingerprint density at radius 3 is 2.46 bits per heavy atom. The first-order valence-corrected chi connectivity index (χ1v) is 5.64. The molecule has 0 radical (unpaired) electrons. The second-order valence-corrected chi connectivity index (χ2v) is 3.74. The van der Waals surface area contributed by atoms with E-state index < -0.39 is 0 Å². The van der Waals surface area contributed by atoms with Crippen molar-refractivity contribution in [1.82, 2.24) is 5.32 Å². The third-order valence-corrected chi connectivity index (χ3v) is 2.40. The second-order valence-electron chi connectivity index (χ2n) is 3.74. The largest absolute Gasteiger partial charge is 0.313 e. The summed E-state index contributed by atoms with van der Waals surface area (Å²) < 4.78 is 0. The van der Waals surface area contributed by atoms with Crippen LogP contribution in [0.4, 0.5) is 0 Å². The first-order valence-electron chi connectivity index (χ1n) is 5.64. The monoisotopic (exact) mass is 183 g/mol. The Hall–Kier alpha value is -0.300. The summed E-state index contributed by atoms with van der Waals surface area (Å²) in [6.45, 7) is 11.2. The molecule has 0 aliphatic heterocycles. The van der Waals surface area contributed by atoms with Gasteiger partial charge in [-0.15, -0.1) is 0 Å². The fraction of sp³-hybridized carbons (Fsp3) is 0.833. The molecule has 0 aliphatic carbocycles. The molecule has 0 heterocycles. The fourth-order valence-electron chi connectivity index (χ4n) is 1.25. The van der Waals surface area contributed by atoms with Crippen LogP contribution in [0.1, 0.15) is 47.0 Å². The smallest absolute Gasteiger partial charge is 0.0164 e. The van der Waals surface area contributed by atoms with Gasteiger partial charge < -0.3 is 5.32 Å². The molecule has 0 saturated heterocycles. The molecule has 1 atom stereocenters. The van der Waals surface area contributed by atoms with E-state index in [1.165, 1.54) is 19.3 Å². The minimum atomic E-state index is 0.735. The summed E-state index contributed by atoms with van der Waals surface area (Å²) in [4.78, 5) is 0. The molecule has 78 valence electrons. The van der Waals surface area contributed by atoms with Gasteiger partial charge in [-0.3, -0.25) is 0 Å². The van der Waals surface area contributed by atoms with E-state index >= 15 is 0 Å². The van der Waals surface area contributed by atoms with Crippen LogP contribution in [-0.2, 0) is 0 Å². The molecular formula is C12H25N. The Morgan fingerprint density at radius 1 is 1.31 bits per heavy atom. The van der Waals surface area contributed by atoms with Crippen molar-refractivity contribution in [2.24, 2.45) is 5.92 Å². The number of rotatable bonds is 7. The van der Waals surface area contributed by atoms with Gasteiger partial charge in [0.25, 0.3) is 0 Å². The van der Waals surface area contributed by atoms with Crippen LogP contribution in [0.3, 0.4) is 0 Å². The van der Waals surface area contributed by atoms with Gasteiger partial charge in [0, 0.05) is 6.54 Å². The summed E-state index contributed by atoms with van der Waals surface area (Å²) >= 11 is 0. The Bertz CT molecular complexity index is 138. The Labute approximate surface area is 83.6 Å². The SMILES string of the molecule is CCCNC/C(=C\C(C)CC)CC. The van der Waals surface area contributed by atoms with Gasteiger partial charge in [-0.1, -0.05) is 45.8 Å². The Morgan fingerprint density at radius 2 is 2.00 bits per heavy atom. The lowest BCUT2D eigenvalue weighted by Crippen LogP contribution is -2.18. The van der Waals surface area contributed by atoms with Crippen LogP contribution in [0, 0.1) is 5.92 Å². The maximum Gasteiger partial charge on any atom is 0.0164 e. The van der Waals surface area contributed by atoms with Crippen LogP contribution in [-0.4, -0.2) is 13.1 Å². The molecule has 1 N–H and O–H groups in total. The molecule has 13 heavy (non-hydrogen) atoms. The van der Waals surface area contributed by atoms with Gasteiger partial charge in [-0.2, -0.15) is 0 Å². The summed E-state index contributed by atoms with van der Waals surface area (Å²) in [5.74, 6) is 0.735. The van der Waals surface area contributed by atoms with Crippen molar-refractivity contribution in [3.8, 4) is 0 Å². The number of hydrogen-bond acceptors (Lipinski definition) is 1. The molecule has 0 saturated carbocycles. The van der Waals surface area contributed by atoms with Crippen molar-refractivity contribution in [1.29, 1.82) is 0 Å². The molecule has 0 bridgehead atoms. The second kappa shape index (κ2) is 8.31. The van der Waals surface area contributed by atoms with Gasteiger partial charge in [0.05, 0.1) is 0 Å². The molecule has 0 fully saturated rings. The summed E-state index contributed by atoms with van der Waals surface area (Å²) in [5.41, 5.74) is 1.56. The Balaban J connectivity index is 3.79. The minimum absolute atomic E-state index is 0.735. The number of allylic oxidation sites excluding steroid dienone is 1. The molecule has 0 amide bonds. The van der Waals surface area contributed by atoms with Gasteiger partial charge in [0.2, 0.25) is 0 Å². The molecule has 1 unspecified atom stereocenters. The molecule has 0 rings (SSSR count). The number of hydrogen-bond donors (Lipinski definition) is 1. The highest BCUT2D eigenvalue weighted by Crippen LogP contribution is 2.08. The van der Waals surface area contributed by atoms with Crippen molar-refractivity contribution in [3.63, 3.8) is 0 Å². The average Bonchev–Trinajstić information content (AvgIpc) is 2.16. The van der Waals surface area contributed by atoms with Crippen LogP contribution in [0.2, 0.25) is 0 Å². The zero-order valence-corrected chi connectivity index (χ0v) is 9.69. The van der Waals surface area contributed by atoms with Gasteiger partial charge in [-0.05, 0) is 25.3 Å². The molecule has 1 nitrogen and oxygen atoms in total. The van der Waals surface area contributed by atoms with Gasteiger partial charge in [0.15, 0.2) is 0 Å². The van der Waals surface area contributed by atoms with E-state index in [1.807, 2.05) is 0 Å². The van der Waals surface area contributed by atoms with Crippen LogP contribution in [0.5, 0.6) is 0 Å². The lowest BCUT2D eigenvalue weighted by atomic mass is 10.0. The van der Waals surface area contributed by atoms with Crippen molar-refractivity contribution in [2.75, 3.05) is 13.1 Å². The number of nitrogens with one attached hydrogen (secondary N) is 1. The van der Waals surface area contributed by atoms with E-state index in [-0.39, 0.29) is 0 Å². The van der Waals surface area contributed by atoms with Gasteiger partial charge >= 0.3 is 0 Å². The summed E-state index contributed by atoms with van der Waals surface area (Å²) in [5, 5.41) is 3.45. The molecule has 0 aromatic carbocycles. The van der Waals surface area contributed by atoms with E-state index in [2.05, 4.69) is 39.1 Å². The Kier molecular flexibility index (Phi) is 8.11. The standard InChI is InChI=1S/C12H25N/c1-5-8-13-10-12(7-3)9-11(4)6-2/h9,11,13H,5-8,10H2,1-4H3/b12-9-. The average molecular weight is 183 g/mol. The summed E-state index contributed by atoms with van der Waals surface area (Å²) in [6.07, 6.45) is 6.07. The minimum Gasteiger partial charge on any atom is -0.313 e. The lowest BCUT2D eigenvalue weighted by Gasteiger charge is -2.09. The maximum absolute atomic E-state index is 3.45. The lowest BCUT2D eigenvalue weighted by molar-refractivity contribution is 0.664. The molecule has 0 spiro atoms. The van der Waals surface area contributed by atoms with Crippen molar-refractivity contribution < 1.29 is 0 Å². The van der Waals surface area contributed by atoms with E-state index in [1.54, 1.807) is 5.57 Å². The zero-order chi connectivity index (χ0) is 10.1. The summed E-state index contributed by atoms with van der Waals surface area (Å²) in [7, 11) is 0. The van der Waals surface area contributed by atoms with Crippen molar-refractivity contribution >= 4 is 0 Å². The quantitative estimate of drug-likeness (QED) is 0.471. The van der Waals surface area contributed by atoms with Crippen LogP contribution in [0.15, 0.2) is 11.6 Å². The van der Waals surface area contributed by atoms with Gasteiger partial charge in [0.1, 0.15) is 0 Å². The van der Waals surface area contributed by atoms with Crippen LogP contribution >= 0.6 is 0 Å². The maximum atomic E-state index is 3.45. The summed E-state index contributed by atoms with van der Waals surface area (Å²) in [6, 6.07) is 0. The molecule has 0 aromatic rings. The van der Waals surface area contributed by atoms with Crippen LogP contribution in [0.25, 0.3) is 0 Å². The van der Waals surface area contributed by atoms with Crippen LogP contribution < -0.4 is 5.32 Å². The third kappa shape index (κ3) is 6.83. The molecular weight excluding hydrogens is 158 g/mol. The topological polar surface area (TPSA) is 12.0 Å². The third-order valence-electron chi connectivity index (χ3n) is 2.40. The molecule has 0 aromatic heterocycles. The zero-order valence-electron chi connectivity index (χ0n) is 9.69. The highest BCUT2D eigenvalue weighted by molar-refractivity contribution is 5.05. The van der Waals surface area contributed by atoms with E-state index in [0.717, 1.165) is 19.0 Å². The first kappa shape index (κ1) is 12.7. The van der Waals surface area contributed by atoms with Crippen molar-refractivity contribution in [2.45, 2.75) is 47.0 Å². The normalized spacial score (nSPS) is 14.6. The molecule has 0 aliphatic rings. The highest BCUT2D eigenvalue weighted by Gasteiger charge is 1.97. The molecule has 1 heteroatoms. The van der Waals surface area contributed by atoms with Crippen molar-refractivity contribution in [3.05, 3.63) is 11.6 Å². The predicted molar refractivity (Wildman–Crippen MR) is 61.0 cm³/mol. The van der Waals surface area contributed by atoms with E-state index in [0.29, 0.717) is 0 Å². The van der Waals surface area contributed by atoms with E-state index in [4.69, 9.17) is 0 Å². The fourth-order valence-corrected chi connectivity index (χ4v) is 1.25. The highest BCUT2D eigenvalue weighted by atomic mass is 14.8. The van der Waals surface area contributed by atoms with E-state index in [9.17, 15) is 0 Å². The van der Waals surface area contributed by atoms with Gasteiger partial charge in [-0.25, -0.2) is 0 Å². The first-order chi connectivity index (χ1) is 6.24.